The molecular weight excluding hydrogens is 496 g/mol. The van der Waals surface area contributed by atoms with Gasteiger partial charge in [-0.25, -0.2) is 4.79 Å². The fourth-order valence-corrected chi connectivity index (χ4v) is 4.11. The summed E-state index contributed by atoms with van der Waals surface area (Å²) in [7, 11) is 0. The van der Waals surface area contributed by atoms with Gasteiger partial charge in [0.25, 0.3) is 0 Å². The Morgan fingerprint density at radius 3 is 2.29 bits per heavy atom. The number of benzene rings is 1. The molecule has 1 N–H and O–H groups in total. The van der Waals surface area contributed by atoms with E-state index in [1.165, 1.54) is 18.2 Å². The summed E-state index contributed by atoms with van der Waals surface area (Å²) in [5, 5.41) is 9.24. The molecule has 1 aromatic rings. The van der Waals surface area contributed by atoms with E-state index in [-0.39, 0.29) is 17.2 Å². The first-order chi connectivity index (χ1) is 13.1. The zero-order chi connectivity index (χ0) is 20.6. The summed E-state index contributed by atoms with van der Waals surface area (Å²) in [4.78, 5) is 36.3. The number of esters is 2. The van der Waals surface area contributed by atoms with E-state index in [1.54, 1.807) is 12.2 Å². The standard InChI is InChI=1S/C18H14F3IO6/c19-18(20,21)7-27-16(25)13-8-1-2-9(5-8)14(13)17(26)28-12-6-10(22)3-4-11(12)15(23)24/h1-4,6,8-9,13-14H,5,7H2,(H,23,24). The van der Waals surface area contributed by atoms with Crippen LogP contribution in [0.1, 0.15) is 16.8 Å². The van der Waals surface area contributed by atoms with Crippen molar-refractivity contribution in [3.8, 4) is 5.75 Å². The highest BCUT2D eigenvalue weighted by Crippen LogP contribution is 2.49. The molecule has 2 aliphatic carbocycles. The van der Waals surface area contributed by atoms with E-state index in [9.17, 15) is 32.7 Å². The molecule has 4 unspecified atom stereocenters. The molecule has 0 radical (unpaired) electrons. The van der Waals surface area contributed by atoms with Crippen LogP contribution in [0.25, 0.3) is 0 Å². The lowest BCUT2D eigenvalue weighted by atomic mass is 9.83. The summed E-state index contributed by atoms with van der Waals surface area (Å²) in [5.74, 6) is -6.38. The summed E-state index contributed by atoms with van der Waals surface area (Å²) < 4.78 is 47.3. The van der Waals surface area contributed by atoms with Crippen LogP contribution in [0.3, 0.4) is 0 Å². The van der Waals surface area contributed by atoms with E-state index >= 15 is 0 Å². The van der Waals surface area contributed by atoms with Gasteiger partial charge >= 0.3 is 24.1 Å². The van der Waals surface area contributed by atoms with Crippen molar-refractivity contribution in [1.82, 2.24) is 0 Å². The number of alkyl halides is 3. The maximum atomic E-state index is 12.7. The molecule has 1 saturated carbocycles. The molecule has 4 atom stereocenters. The molecule has 3 rings (SSSR count). The second-order valence-electron chi connectivity index (χ2n) is 6.59. The number of fused-ring (bicyclic) bond motifs is 2. The quantitative estimate of drug-likeness (QED) is 0.283. The molecule has 2 bridgehead atoms. The Labute approximate surface area is 170 Å². The number of aromatic carboxylic acids is 1. The van der Waals surface area contributed by atoms with Gasteiger partial charge in [-0.05, 0) is 59.0 Å². The molecular formula is C18H14F3IO6. The number of rotatable bonds is 5. The van der Waals surface area contributed by atoms with E-state index in [0.29, 0.717) is 9.99 Å². The largest absolute Gasteiger partial charge is 0.478 e. The van der Waals surface area contributed by atoms with Crippen molar-refractivity contribution in [2.45, 2.75) is 12.6 Å². The Morgan fingerprint density at radius 2 is 1.71 bits per heavy atom. The molecule has 0 aliphatic heterocycles. The van der Waals surface area contributed by atoms with E-state index in [4.69, 9.17) is 4.74 Å². The van der Waals surface area contributed by atoms with Crippen LogP contribution in [0.2, 0.25) is 0 Å². The molecule has 0 heterocycles. The van der Waals surface area contributed by atoms with Gasteiger partial charge in [0.2, 0.25) is 0 Å². The number of carbonyl (C=O) groups excluding carboxylic acids is 2. The normalized spacial score (nSPS) is 25.6. The van der Waals surface area contributed by atoms with Gasteiger partial charge in [0.05, 0.1) is 11.8 Å². The minimum Gasteiger partial charge on any atom is -0.478 e. The number of carboxylic acids is 1. The van der Waals surface area contributed by atoms with E-state index in [0.717, 1.165) is 0 Å². The van der Waals surface area contributed by atoms with Crippen molar-refractivity contribution in [3.05, 3.63) is 39.5 Å². The Hall–Kier alpha value is -2.11. The molecule has 0 amide bonds. The number of allylic oxidation sites excluding steroid dienone is 2. The number of hydrogen-bond acceptors (Lipinski definition) is 5. The minimum absolute atomic E-state index is 0.182. The lowest BCUT2D eigenvalue weighted by Gasteiger charge is -2.25. The molecule has 1 aromatic carbocycles. The van der Waals surface area contributed by atoms with Gasteiger partial charge < -0.3 is 14.6 Å². The first-order valence-electron chi connectivity index (χ1n) is 8.23. The predicted molar refractivity (Wildman–Crippen MR) is 96.5 cm³/mol. The van der Waals surface area contributed by atoms with Crippen LogP contribution in [0.5, 0.6) is 5.75 Å². The summed E-state index contributed by atoms with van der Waals surface area (Å²) >= 11 is 1.92. The summed E-state index contributed by atoms with van der Waals surface area (Å²) in [6.07, 6.45) is -0.848. The summed E-state index contributed by atoms with van der Waals surface area (Å²) in [6.45, 7) is -1.73. The predicted octanol–water partition coefficient (Wildman–Crippen LogP) is 3.44. The van der Waals surface area contributed by atoms with Gasteiger partial charge in [-0.1, -0.05) is 12.2 Å². The van der Waals surface area contributed by atoms with Crippen LogP contribution >= 0.6 is 22.6 Å². The fourth-order valence-electron chi connectivity index (χ4n) is 3.65. The maximum absolute atomic E-state index is 12.7. The van der Waals surface area contributed by atoms with Crippen LogP contribution < -0.4 is 4.74 Å². The van der Waals surface area contributed by atoms with Gasteiger partial charge in [0.1, 0.15) is 11.3 Å². The number of ether oxygens (including phenoxy) is 2. The number of hydrogen-bond donors (Lipinski definition) is 1. The van der Waals surface area contributed by atoms with Crippen molar-refractivity contribution >= 4 is 40.5 Å². The average molecular weight is 510 g/mol. The van der Waals surface area contributed by atoms with Gasteiger partial charge in [0, 0.05) is 3.57 Å². The average Bonchev–Trinajstić information content (AvgIpc) is 3.20. The summed E-state index contributed by atoms with van der Waals surface area (Å²) in [5.41, 5.74) is -0.233. The second-order valence-corrected chi connectivity index (χ2v) is 7.84. The van der Waals surface area contributed by atoms with Crippen LogP contribution in [0.4, 0.5) is 13.2 Å². The number of carboxylic acid groups (broad SMARTS) is 1. The van der Waals surface area contributed by atoms with Crippen molar-refractivity contribution in [2.24, 2.45) is 23.7 Å². The Bertz CT molecular complexity index is 850. The molecule has 0 saturated heterocycles. The second kappa shape index (κ2) is 7.72. The number of halogens is 4. The van der Waals surface area contributed by atoms with E-state index in [2.05, 4.69) is 4.74 Å². The SMILES string of the molecule is O=C(O)c1ccc(I)cc1OC(=O)C1C2C=CC(C2)C1C(=O)OCC(F)(F)F. The third kappa shape index (κ3) is 4.31. The van der Waals surface area contributed by atoms with E-state index < -0.39 is 48.4 Å². The molecule has 150 valence electrons. The van der Waals surface area contributed by atoms with Crippen molar-refractivity contribution < 1.29 is 42.1 Å². The molecule has 2 aliphatic rings. The molecule has 6 nitrogen and oxygen atoms in total. The third-order valence-corrected chi connectivity index (χ3v) is 5.44. The van der Waals surface area contributed by atoms with Gasteiger partial charge in [-0.2, -0.15) is 13.2 Å². The molecule has 1 fully saturated rings. The first kappa shape index (κ1) is 20.6. The molecule has 0 spiro atoms. The first-order valence-corrected chi connectivity index (χ1v) is 9.31. The maximum Gasteiger partial charge on any atom is 0.422 e. The van der Waals surface area contributed by atoms with Crippen molar-refractivity contribution in [2.75, 3.05) is 6.61 Å². The molecule has 0 aromatic heterocycles. The Morgan fingerprint density at radius 1 is 1.11 bits per heavy atom. The zero-order valence-corrected chi connectivity index (χ0v) is 16.3. The molecule has 28 heavy (non-hydrogen) atoms. The van der Waals surface area contributed by atoms with Crippen molar-refractivity contribution in [3.63, 3.8) is 0 Å². The van der Waals surface area contributed by atoms with Gasteiger partial charge in [-0.3, -0.25) is 9.59 Å². The summed E-state index contributed by atoms with van der Waals surface area (Å²) in [6, 6.07) is 4.17. The van der Waals surface area contributed by atoms with E-state index in [1.807, 2.05) is 22.6 Å². The Balaban J connectivity index is 1.80. The highest BCUT2D eigenvalue weighted by Gasteiger charge is 2.53. The van der Waals surface area contributed by atoms with Crippen LogP contribution in [0, 0.1) is 27.2 Å². The topological polar surface area (TPSA) is 89.9 Å². The highest BCUT2D eigenvalue weighted by atomic mass is 127. The highest BCUT2D eigenvalue weighted by molar-refractivity contribution is 14.1. The third-order valence-electron chi connectivity index (χ3n) is 4.77. The van der Waals surface area contributed by atoms with Crippen LogP contribution in [-0.4, -0.2) is 35.8 Å². The van der Waals surface area contributed by atoms with Crippen LogP contribution in [0.15, 0.2) is 30.4 Å². The van der Waals surface area contributed by atoms with Gasteiger partial charge in [-0.15, -0.1) is 0 Å². The van der Waals surface area contributed by atoms with Gasteiger partial charge in [0.15, 0.2) is 6.61 Å². The monoisotopic (exact) mass is 510 g/mol. The molecule has 10 heteroatoms. The van der Waals surface area contributed by atoms with Crippen LogP contribution in [-0.2, 0) is 14.3 Å². The van der Waals surface area contributed by atoms with Crippen molar-refractivity contribution in [1.29, 1.82) is 0 Å². The fraction of sp³-hybridized carbons (Fsp3) is 0.389. The lowest BCUT2D eigenvalue weighted by molar-refractivity contribution is -0.191. The number of carbonyl (C=O) groups is 3. The smallest absolute Gasteiger partial charge is 0.422 e. The zero-order valence-electron chi connectivity index (χ0n) is 14.1. The Kier molecular flexibility index (Phi) is 5.69. The minimum atomic E-state index is -4.67. The lowest BCUT2D eigenvalue weighted by Crippen LogP contribution is -2.37.